The Morgan fingerprint density at radius 3 is 2.59 bits per heavy atom. The summed E-state index contributed by atoms with van der Waals surface area (Å²) in [6.45, 7) is 1.12. The fourth-order valence-corrected chi connectivity index (χ4v) is 4.85. The number of nitrogens with two attached hydrogens (primary N) is 1. The van der Waals surface area contributed by atoms with Gasteiger partial charge in [0.15, 0.2) is 0 Å². The number of piperidine rings is 1. The average Bonchev–Trinajstić information content (AvgIpc) is 3.34. The van der Waals surface area contributed by atoms with Crippen LogP contribution in [-0.2, 0) is 4.79 Å². The number of amides is 2. The molecule has 2 N–H and O–H groups in total. The topological polar surface area (TPSA) is 105 Å². The quantitative estimate of drug-likeness (QED) is 0.786. The van der Waals surface area contributed by atoms with Crippen LogP contribution in [0.1, 0.15) is 47.8 Å². The predicted molar refractivity (Wildman–Crippen MR) is 112 cm³/mol. The first-order chi connectivity index (χ1) is 15.4. The number of carbonyl (C=O) groups excluding carboxylic acids is 2. The molecule has 1 aromatic heterocycles. The van der Waals surface area contributed by atoms with Crippen LogP contribution in [0.3, 0.4) is 0 Å². The van der Waals surface area contributed by atoms with Crippen molar-refractivity contribution in [2.24, 2.45) is 22.2 Å². The monoisotopic (exact) mass is 440 g/mol. The summed E-state index contributed by atoms with van der Waals surface area (Å²) in [6, 6.07) is 4.27. The molecular formula is C22H22F2N6O2. The zero-order valence-corrected chi connectivity index (χ0v) is 17.2. The summed E-state index contributed by atoms with van der Waals surface area (Å²) in [5.74, 6) is -1.93. The highest BCUT2D eigenvalue weighted by Gasteiger charge is 2.57. The predicted octanol–water partition coefficient (Wildman–Crippen LogP) is 2.42. The van der Waals surface area contributed by atoms with Crippen molar-refractivity contribution in [1.29, 1.82) is 0 Å². The van der Waals surface area contributed by atoms with Crippen LogP contribution < -0.4 is 10.6 Å². The molecule has 1 aromatic carbocycles. The van der Waals surface area contributed by atoms with Crippen molar-refractivity contribution in [2.45, 2.75) is 31.7 Å². The summed E-state index contributed by atoms with van der Waals surface area (Å²) < 4.78 is 27.5. The summed E-state index contributed by atoms with van der Waals surface area (Å²) in [7, 11) is 0. The van der Waals surface area contributed by atoms with E-state index >= 15 is 0 Å². The molecule has 2 aliphatic heterocycles. The maximum absolute atomic E-state index is 13.7. The van der Waals surface area contributed by atoms with Crippen molar-refractivity contribution in [3.05, 3.63) is 53.4 Å². The molecule has 1 saturated heterocycles. The second-order valence-corrected chi connectivity index (χ2v) is 8.67. The first-order valence-electron chi connectivity index (χ1n) is 10.6. The summed E-state index contributed by atoms with van der Waals surface area (Å²) in [6.07, 6.45) is 5.86. The van der Waals surface area contributed by atoms with Gasteiger partial charge in [0, 0.05) is 43.9 Å². The van der Waals surface area contributed by atoms with Crippen molar-refractivity contribution >= 4 is 24.0 Å². The second kappa shape index (κ2) is 7.61. The van der Waals surface area contributed by atoms with Crippen molar-refractivity contribution in [3.8, 4) is 0 Å². The molecule has 2 amide bonds. The molecule has 0 radical (unpaired) electrons. The van der Waals surface area contributed by atoms with Gasteiger partial charge < -0.3 is 10.6 Å². The average molecular weight is 440 g/mol. The van der Waals surface area contributed by atoms with Crippen LogP contribution in [0.15, 0.2) is 35.6 Å². The van der Waals surface area contributed by atoms with Gasteiger partial charge in [-0.1, -0.05) is 0 Å². The molecule has 2 fully saturated rings. The van der Waals surface area contributed by atoms with Crippen molar-refractivity contribution in [2.75, 3.05) is 18.0 Å². The van der Waals surface area contributed by atoms with Gasteiger partial charge in [-0.15, -0.1) is 0 Å². The highest BCUT2D eigenvalue weighted by molar-refractivity contribution is 5.91. The molecule has 1 spiro atoms. The van der Waals surface area contributed by atoms with E-state index in [2.05, 4.69) is 15.1 Å². The number of aromatic nitrogens is 2. The molecular weight excluding hydrogens is 418 g/mol. The van der Waals surface area contributed by atoms with E-state index in [-0.39, 0.29) is 22.9 Å². The van der Waals surface area contributed by atoms with Gasteiger partial charge >= 0.3 is 0 Å². The Hall–Kier alpha value is -3.43. The Labute approximate surface area is 183 Å². The minimum Gasteiger partial charge on any atom is -0.364 e. The number of carbonyl (C=O) groups is 2. The number of benzene rings is 1. The third kappa shape index (κ3) is 3.59. The van der Waals surface area contributed by atoms with Gasteiger partial charge in [-0.2, -0.15) is 5.10 Å². The normalized spacial score (nSPS) is 23.6. The number of nitrogens with zero attached hydrogens (tertiary/aromatic N) is 5. The molecule has 2 unspecified atom stereocenters. The molecule has 3 heterocycles. The van der Waals surface area contributed by atoms with Crippen LogP contribution in [0.4, 0.5) is 14.7 Å². The molecule has 3 aliphatic rings. The highest BCUT2D eigenvalue weighted by atomic mass is 19.1. The third-order valence-corrected chi connectivity index (χ3v) is 6.63. The van der Waals surface area contributed by atoms with Crippen molar-refractivity contribution < 1.29 is 18.4 Å². The van der Waals surface area contributed by atoms with E-state index in [0.29, 0.717) is 37.4 Å². The molecule has 166 valence electrons. The Kier molecular flexibility index (Phi) is 4.87. The summed E-state index contributed by atoms with van der Waals surface area (Å²) in [4.78, 5) is 35.5. The molecule has 1 aliphatic carbocycles. The Morgan fingerprint density at radius 2 is 1.91 bits per heavy atom. The van der Waals surface area contributed by atoms with Crippen LogP contribution in [0.5, 0.6) is 0 Å². The van der Waals surface area contributed by atoms with Crippen molar-refractivity contribution in [3.63, 3.8) is 0 Å². The molecule has 8 nitrogen and oxygen atoms in total. The van der Waals surface area contributed by atoms with Gasteiger partial charge in [-0.25, -0.2) is 23.8 Å². The number of primary amides is 1. The molecule has 0 bridgehead atoms. The summed E-state index contributed by atoms with van der Waals surface area (Å²) in [5.41, 5.74) is 5.65. The zero-order valence-electron chi connectivity index (χ0n) is 17.2. The fraction of sp³-hybridized carbons (Fsp3) is 0.409. The lowest BCUT2D eigenvalue weighted by molar-refractivity contribution is -0.140. The van der Waals surface area contributed by atoms with E-state index < -0.39 is 23.6 Å². The van der Waals surface area contributed by atoms with Gasteiger partial charge in [-0.05, 0) is 48.4 Å². The zero-order chi connectivity index (χ0) is 22.5. The largest absolute Gasteiger partial charge is 0.364 e. The smallest absolute Gasteiger partial charge is 0.267 e. The van der Waals surface area contributed by atoms with E-state index in [9.17, 15) is 18.4 Å². The minimum absolute atomic E-state index is 0.127. The maximum Gasteiger partial charge on any atom is 0.267 e. The van der Waals surface area contributed by atoms with Crippen LogP contribution >= 0.6 is 0 Å². The third-order valence-electron chi connectivity index (χ3n) is 6.63. The molecule has 5 rings (SSSR count). The molecule has 2 aromatic rings. The highest BCUT2D eigenvalue weighted by Crippen LogP contribution is 2.57. The van der Waals surface area contributed by atoms with Gasteiger partial charge in [0.2, 0.25) is 11.9 Å². The number of rotatable bonds is 4. The van der Waals surface area contributed by atoms with E-state index in [1.807, 2.05) is 4.90 Å². The van der Waals surface area contributed by atoms with Crippen LogP contribution in [-0.4, -0.2) is 46.1 Å². The van der Waals surface area contributed by atoms with E-state index in [1.165, 1.54) is 29.4 Å². The van der Waals surface area contributed by atoms with Crippen LogP contribution in [0.2, 0.25) is 0 Å². The summed E-state index contributed by atoms with van der Waals surface area (Å²) in [5, 5.41) is 5.64. The van der Waals surface area contributed by atoms with Gasteiger partial charge in [0.25, 0.3) is 5.91 Å². The fourth-order valence-electron chi connectivity index (χ4n) is 4.85. The van der Waals surface area contributed by atoms with Crippen LogP contribution in [0.25, 0.3) is 0 Å². The van der Waals surface area contributed by atoms with E-state index in [1.54, 1.807) is 6.21 Å². The van der Waals surface area contributed by atoms with Crippen molar-refractivity contribution in [1.82, 2.24) is 15.0 Å². The van der Waals surface area contributed by atoms with Crippen LogP contribution in [0, 0.1) is 23.0 Å². The molecule has 2 atom stereocenters. The SMILES string of the molecule is NC(=O)c1ccnc(N2CCC(C(=O)N3N=CCC3c3cc(F)cc(F)c3)C3(CC3)C2)n1. The lowest BCUT2D eigenvalue weighted by Gasteiger charge is -2.40. The lowest BCUT2D eigenvalue weighted by atomic mass is 9.81. The van der Waals surface area contributed by atoms with E-state index in [4.69, 9.17) is 5.73 Å². The molecule has 32 heavy (non-hydrogen) atoms. The number of hydrogen-bond donors (Lipinski definition) is 1. The first-order valence-corrected chi connectivity index (χ1v) is 10.6. The minimum atomic E-state index is -0.676. The molecule has 1 saturated carbocycles. The first kappa shape index (κ1) is 20.5. The lowest BCUT2D eigenvalue weighted by Crippen LogP contribution is -2.48. The summed E-state index contributed by atoms with van der Waals surface area (Å²) >= 11 is 0. The molecule has 10 heteroatoms. The number of halogens is 2. The second-order valence-electron chi connectivity index (χ2n) is 8.67. The number of anilines is 1. The van der Waals surface area contributed by atoms with Gasteiger partial charge in [0.1, 0.15) is 17.3 Å². The number of hydrogen-bond acceptors (Lipinski definition) is 6. The van der Waals surface area contributed by atoms with E-state index in [0.717, 1.165) is 18.9 Å². The maximum atomic E-state index is 13.7. The van der Waals surface area contributed by atoms with Gasteiger partial charge in [-0.3, -0.25) is 9.59 Å². The standard InChI is InChI=1S/C22H22F2N6O2/c23-14-9-13(10-15(24)11-14)18-2-7-27-30(18)20(32)16-3-8-29(12-22(16)4-5-22)21-26-6-1-17(28-21)19(25)31/h1,6-7,9-11,16,18H,2-5,8,12H2,(H2,25,31). The Morgan fingerprint density at radius 1 is 1.16 bits per heavy atom. The number of hydrazone groups is 1. The van der Waals surface area contributed by atoms with Gasteiger partial charge in [0.05, 0.1) is 6.04 Å². The Balaban J connectivity index is 1.35. The Bertz CT molecular complexity index is 1100.